The summed E-state index contributed by atoms with van der Waals surface area (Å²) >= 11 is 2.28. The van der Waals surface area contributed by atoms with E-state index in [4.69, 9.17) is 14.6 Å². The molecule has 0 heterocycles. The highest BCUT2D eigenvalue weighted by Gasteiger charge is 2.04. The molecule has 0 spiro atoms. The second-order valence-corrected chi connectivity index (χ2v) is 6.00. The van der Waals surface area contributed by atoms with Crippen LogP contribution in [0.25, 0.3) is 3.58 Å². The van der Waals surface area contributed by atoms with E-state index in [9.17, 15) is 4.79 Å². The number of carboxylic acids is 1. The van der Waals surface area contributed by atoms with Gasteiger partial charge in [-0.3, -0.25) is 0 Å². The molecule has 0 saturated carbocycles. The van der Waals surface area contributed by atoms with E-state index in [2.05, 4.69) is 34.7 Å². The molecular formula is C18H17IO4. The van der Waals surface area contributed by atoms with Crippen molar-refractivity contribution in [1.82, 2.24) is 0 Å². The van der Waals surface area contributed by atoms with Crippen molar-refractivity contribution >= 4 is 32.1 Å². The summed E-state index contributed by atoms with van der Waals surface area (Å²) in [5.74, 6) is 0.276. The standard InChI is InChI=1S/C18H17IO4/c1-13-11-15(7-8-17(13)23-12-18(20)21)22-10-9-16(19)14-5-3-2-4-6-14/h2-9,11H,10,12H2,1H3,(H,20,21)/b16-9-. The average molecular weight is 424 g/mol. The Morgan fingerprint density at radius 3 is 2.57 bits per heavy atom. The molecule has 23 heavy (non-hydrogen) atoms. The number of hydrogen-bond acceptors (Lipinski definition) is 3. The lowest BCUT2D eigenvalue weighted by atomic mass is 10.2. The first-order valence-electron chi connectivity index (χ1n) is 7.05. The first-order chi connectivity index (χ1) is 11.1. The first kappa shape index (κ1) is 17.3. The SMILES string of the molecule is Cc1cc(OC/C=C(\I)c2ccccc2)ccc1OCC(=O)O. The lowest BCUT2D eigenvalue weighted by molar-refractivity contribution is -0.139. The normalized spacial score (nSPS) is 11.1. The molecule has 1 N–H and O–H groups in total. The molecule has 2 aromatic rings. The van der Waals surface area contributed by atoms with Crippen LogP contribution in [0.4, 0.5) is 0 Å². The molecule has 5 heteroatoms. The number of aryl methyl sites for hydroxylation is 1. The predicted octanol–water partition coefficient (Wildman–Crippen LogP) is 4.31. The minimum atomic E-state index is -0.995. The number of hydrogen-bond donors (Lipinski definition) is 1. The summed E-state index contributed by atoms with van der Waals surface area (Å²) in [6, 6.07) is 15.4. The van der Waals surface area contributed by atoms with Crippen LogP contribution in [0.5, 0.6) is 11.5 Å². The van der Waals surface area contributed by atoms with Gasteiger partial charge in [-0.05, 0) is 64.9 Å². The molecule has 0 amide bonds. The average Bonchev–Trinajstić information content (AvgIpc) is 2.54. The molecule has 0 radical (unpaired) electrons. The largest absolute Gasteiger partial charge is 0.489 e. The van der Waals surface area contributed by atoms with Crippen LogP contribution in [-0.4, -0.2) is 24.3 Å². The summed E-state index contributed by atoms with van der Waals surface area (Å²) in [6.45, 7) is 1.97. The number of halogens is 1. The highest BCUT2D eigenvalue weighted by Crippen LogP contribution is 2.24. The van der Waals surface area contributed by atoms with E-state index >= 15 is 0 Å². The number of aliphatic carboxylic acids is 1. The Bertz CT molecular complexity index is 695. The van der Waals surface area contributed by atoms with E-state index in [-0.39, 0.29) is 6.61 Å². The van der Waals surface area contributed by atoms with Gasteiger partial charge in [0.05, 0.1) is 0 Å². The maximum absolute atomic E-state index is 10.5. The minimum absolute atomic E-state index is 0.348. The van der Waals surface area contributed by atoms with Crippen LogP contribution in [-0.2, 0) is 4.79 Å². The van der Waals surface area contributed by atoms with Gasteiger partial charge in [0.25, 0.3) is 0 Å². The molecule has 4 nitrogen and oxygen atoms in total. The molecule has 0 bridgehead atoms. The fourth-order valence-corrected chi connectivity index (χ4v) is 2.48. The van der Waals surface area contributed by atoms with Gasteiger partial charge in [0.1, 0.15) is 18.1 Å². The number of carbonyl (C=O) groups is 1. The Kier molecular flexibility index (Phi) is 6.46. The molecule has 0 unspecified atom stereocenters. The van der Waals surface area contributed by atoms with Crippen molar-refractivity contribution < 1.29 is 19.4 Å². The summed E-state index contributed by atoms with van der Waals surface area (Å²) in [5.41, 5.74) is 2.00. The van der Waals surface area contributed by atoms with Crippen molar-refractivity contribution in [2.75, 3.05) is 13.2 Å². The van der Waals surface area contributed by atoms with Crippen LogP contribution in [0.3, 0.4) is 0 Å². The predicted molar refractivity (Wildman–Crippen MR) is 98.2 cm³/mol. The zero-order chi connectivity index (χ0) is 16.7. The van der Waals surface area contributed by atoms with Crippen LogP contribution in [0.1, 0.15) is 11.1 Å². The van der Waals surface area contributed by atoms with Crippen molar-refractivity contribution in [2.45, 2.75) is 6.92 Å². The molecule has 0 saturated heterocycles. The van der Waals surface area contributed by atoms with E-state index in [1.54, 1.807) is 12.1 Å². The third kappa shape index (κ3) is 5.59. The highest BCUT2D eigenvalue weighted by molar-refractivity contribution is 14.1. The van der Waals surface area contributed by atoms with Gasteiger partial charge in [-0.2, -0.15) is 0 Å². The van der Waals surface area contributed by atoms with Gasteiger partial charge in [-0.15, -0.1) is 0 Å². The van der Waals surface area contributed by atoms with Gasteiger partial charge in [-0.1, -0.05) is 30.3 Å². The molecule has 2 aromatic carbocycles. The van der Waals surface area contributed by atoms with Gasteiger partial charge < -0.3 is 14.6 Å². The van der Waals surface area contributed by atoms with Crippen molar-refractivity contribution in [3.8, 4) is 11.5 Å². The second kappa shape index (κ2) is 8.57. The monoisotopic (exact) mass is 424 g/mol. The number of ether oxygens (including phenoxy) is 2. The second-order valence-electron chi connectivity index (χ2n) is 4.84. The van der Waals surface area contributed by atoms with Crippen LogP contribution in [0.2, 0.25) is 0 Å². The number of benzene rings is 2. The Balaban J connectivity index is 1.93. The van der Waals surface area contributed by atoms with Crippen LogP contribution in [0, 0.1) is 6.92 Å². The van der Waals surface area contributed by atoms with E-state index in [1.807, 2.05) is 37.3 Å². The van der Waals surface area contributed by atoms with Gasteiger partial charge in [0, 0.05) is 3.58 Å². The first-order valence-corrected chi connectivity index (χ1v) is 8.13. The molecule has 0 aliphatic carbocycles. The van der Waals surface area contributed by atoms with Gasteiger partial charge >= 0.3 is 5.97 Å². The Labute approximate surface area is 148 Å². The molecule has 0 fully saturated rings. The third-order valence-corrected chi connectivity index (χ3v) is 4.12. The Hall–Kier alpha value is -2.02. The molecule has 0 atom stereocenters. The maximum Gasteiger partial charge on any atom is 0.341 e. The van der Waals surface area contributed by atoms with E-state index in [0.717, 1.165) is 20.5 Å². The molecule has 0 aliphatic heterocycles. The molecule has 2 rings (SSSR count). The van der Waals surface area contributed by atoms with Gasteiger partial charge in [0.15, 0.2) is 6.61 Å². The zero-order valence-electron chi connectivity index (χ0n) is 12.7. The quantitative estimate of drug-likeness (QED) is 0.674. The van der Waals surface area contributed by atoms with Crippen LogP contribution >= 0.6 is 22.6 Å². The van der Waals surface area contributed by atoms with E-state index in [0.29, 0.717) is 12.4 Å². The third-order valence-electron chi connectivity index (χ3n) is 3.06. The van der Waals surface area contributed by atoms with Gasteiger partial charge in [0.2, 0.25) is 0 Å². The fourth-order valence-electron chi connectivity index (χ4n) is 1.94. The zero-order valence-corrected chi connectivity index (χ0v) is 14.8. The fraction of sp³-hybridized carbons (Fsp3) is 0.167. The van der Waals surface area contributed by atoms with Crippen molar-refractivity contribution in [3.05, 3.63) is 65.7 Å². The maximum atomic E-state index is 10.5. The Morgan fingerprint density at radius 2 is 1.91 bits per heavy atom. The number of rotatable bonds is 7. The smallest absolute Gasteiger partial charge is 0.341 e. The number of carboxylic acid groups (broad SMARTS) is 1. The lowest BCUT2D eigenvalue weighted by Gasteiger charge is -2.10. The van der Waals surface area contributed by atoms with E-state index < -0.39 is 5.97 Å². The van der Waals surface area contributed by atoms with E-state index in [1.165, 1.54) is 0 Å². The van der Waals surface area contributed by atoms with Crippen molar-refractivity contribution in [3.63, 3.8) is 0 Å². The topological polar surface area (TPSA) is 55.8 Å². The van der Waals surface area contributed by atoms with Crippen LogP contribution in [0.15, 0.2) is 54.6 Å². The summed E-state index contributed by atoms with van der Waals surface area (Å²) in [4.78, 5) is 10.5. The lowest BCUT2D eigenvalue weighted by Crippen LogP contribution is -2.10. The van der Waals surface area contributed by atoms with Crippen molar-refractivity contribution in [1.29, 1.82) is 0 Å². The highest BCUT2D eigenvalue weighted by atomic mass is 127. The molecular weight excluding hydrogens is 407 g/mol. The minimum Gasteiger partial charge on any atom is -0.489 e. The molecule has 0 aromatic heterocycles. The summed E-state index contributed by atoms with van der Waals surface area (Å²) in [5, 5.41) is 8.63. The van der Waals surface area contributed by atoms with Crippen LogP contribution < -0.4 is 9.47 Å². The summed E-state index contributed by atoms with van der Waals surface area (Å²) in [6.07, 6.45) is 2.01. The van der Waals surface area contributed by atoms with Gasteiger partial charge in [-0.25, -0.2) is 4.79 Å². The molecule has 120 valence electrons. The van der Waals surface area contributed by atoms with Crippen molar-refractivity contribution in [2.24, 2.45) is 0 Å². The summed E-state index contributed by atoms with van der Waals surface area (Å²) < 4.78 is 12.0. The molecule has 0 aliphatic rings. The Morgan fingerprint density at radius 1 is 1.17 bits per heavy atom. The summed E-state index contributed by atoms with van der Waals surface area (Å²) in [7, 11) is 0.